The van der Waals surface area contributed by atoms with Crippen LogP contribution in [0.25, 0.3) is 0 Å². The fraction of sp³-hybridized carbons (Fsp3) is 0.300. The molecule has 1 saturated heterocycles. The molecule has 0 aromatic heterocycles. The van der Waals surface area contributed by atoms with Gasteiger partial charge in [-0.2, -0.15) is 0 Å². The quantitative estimate of drug-likeness (QED) is 0.861. The second-order valence-electron chi connectivity index (χ2n) is 6.31. The highest BCUT2D eigenvalue weighted by molar-refractivity contribution is 5.94. The molecule has 0 aliphatic carbocycles. The van der Waals surface area contributed by atoms with E-state index in [-0.39, 0.29) is 11.8 Å². The first-order valence-corrected chi connectivity index (χ1v) is 8.60. The van der Waals surface area contributed by atoms with E-state index in [4.69, 9.17) is 4.74 Å². The van der Waals surface area contributed by atoms with Gasteiger partial charge in [0.2, 0.25) is 5.91 Å². The van der Waals surface area contributed by atoms with E-state index >= 15 is 0 Å². The molecule has 0 unspecified atom stereocenters. The smallest absolute Gasteiger partial charge is 0.251 e. The monoisotopic (exact) mass is 353 g/mol. The first-order valence-electron chi connectivity index (χ1n) is 8.60. The number of anilines is 1. The lowest BCUT2D eigenvalue weighted by atomic mass is 10.1. The molecule has 2 aromatic carbocycles. The van der Waals surface area contributed by atoms with Gasteiger partial charge >= 0.3 is 0 Å². The predicted octanol–water partition coefficient (Wildman–Crippen LogP) is 1.87. The van der Waals surface area contributed by atoms with E-state index in [1.165, 1.54) is 0 Å². The molecule has 0 spiro atoms. The summed E-state index contributed by atoms with van der Waals surface area (Å²) in [6, 6.07) is 13.3. The molecule has 1 aliphatic heterocycles. The number of carbonyl (C=O) groups is 2. The molecule has 1 heterocycles. The van der Waals surface area contributed by atoms with Gasteiger partial charge in [-0.15, -0.1) is 0 Å². The fourth-order valence-electron chi connectivity index (χ4n) is 2.93. The maximum atomic E-state index is 12.3. The van der Waals surface area contributed by atoms with Gasteiger partial charge < -0.3 is 20.3 Å². The molecule has 0 bridgehead atoms. The van der Waals surface area contributed by atoms with Crippen LogP contribution in [0.15, 0.2) is 42.5 Å². The Morgan fingerprint density at radius 2 is 2.00 bits per heavy atom. The molecule has 6 nitrogen and oxygen atoms in total. The third-order valence-electron chi connectivity index (χ3n) is 4.46. The summed E-state index contributed by atoms with van der Waals surface area (Å²) in [5, 5.41) is 5.74. The van der Waals surface area contributed by atoms with Crippen molar-refractivity contribution in [2.24, 2.45) is 0 Å². The molecule has 0 saturated carbocycles. The summed E-state index contributed by atoms with van der Waals surface area (Å²) in [5.74, 6) is 0.605. The van der Waals surface area contributed by atoms with Crippen molar-refractivity contribution in [1.29, 1.82) is 0 Å². The maximum absolute atomic E-state index is 12.3. The molecule has 1 fully saturated rings. The van der Waals surface area contributed by atoms with Crippen LogP contribution >= 0.6 is 0 Å². The molecule has 136 valence electrons. The average Bonchev–Trinajstić information content (AvgIpc) is 2.67. The van der Waals surface area contributed by atoms with Gasteiger partial charge in [0.05, 0.1) is 13.7 Å². The number of nitrogens with zero attached hydrogens (tertiary/aromatic N) is 1. The second-order valence-corrected chi connectivity index (χ2v) is 6.31. The van der Waals surface area contributed by atoms with E-state index < -0.39 is 0 Å². The lowest BCUT2D eigenvalue weighted by Gasteiger charge is -2.28. The number of hydrogen-bond acceptors (Lipinski definition) is 4. The summed E-state index contributed by atoms with van der Waals surface area (Å²) in [6.07, 6.45) is 0. The number of ether oxygens (including phenoxy) is 1. The van der Waals surface area contributed by atoms with Crippen LogP contribution in [0.3, 0.4) is 0 Å². The molecular formula is C20H23N3O3. The zero-order chi connectivity index (χ0) is 18.5. The van der Waals surface area contributed by atoms with Gasteiger partial charge in [-0.05, 0) is 42.3 Å². The molecular weight excluding hydrogens is 330 g/mol. The largest absolute Gasteiger partial charge is 0.496 e. The first kappa shape index (κ1) is 17.8. The molecule has 3 rings (SSSR count). The minimum Gasteiger partial charge on any atom is -0.496 e. The number of aryl methyl sites for hydroxylation is 1. The lowest BCUT2D eigenvalue weighted by molar-refractivity contribution is -0.120. The van der Waals surface area contributed by atoms with Crippen LogP contribution in [0.2, 0.25) is 0 Å². The number of methoxy groups -OCH3 is 1. The van der Waals surface area contributed by atoms with Gasteiger partial charge in [-0.1, -0.05) is 18.2 Å². The number of piperazine rings is 1. The van der Waals surface area contributed by atoms with Crippen molar-refractivity contribution in [2.45, 2.75) is 13.5 Å². The average molecular weight is 353 g/mol. The first-order chi connectivity index (χ1) is 12.6. The lowest BCUT2D eigenvalue weighted by Crippen LogP contribution is -2.47. The van der Waals surface area contributed by atoms with Crippen LogP contribution in [0.1, 0.15) is 21.5 Å². The molecule has 2 aromatic rings. The van der Waals surface area contributed by atoms with E-state index in [0.717, 1.165) is 23.4 Å². The van der Waals surface area contributed by atoms with Crippen molar-refractivity contribution in [2.75, 3.05) is 31.6 Å². The number of carbonyl (C=O) groups excluding carboxylic acids is 2. The van der Waals surface area contributed by atoms with Gasteiger partial charge in [0.1, 0.15) is 5.75 Å². The van der Waals surface area contributed by atoms with Gasteiger partial charge in [0.15, 0.2) is 0 Å². The molecule has 0 atom stereocenters. The molecule has 6 heteroatoms. The van der Waals surface area contributed by atoms with Crippen molar-refractivity contribution in [1.82, 2.24) is 10.6 Å². The van der Waals surface area contributed by atoms with E-state index in [0.29, 0.717) is 30.9 Å². The summed E-state index contributed by atoms with van der Waals surface area (Å²) >= 11 is 0. The van der Waals surface area contributed by atoms with Crippen molar-refractivity contribution >= 4 is 17.5 Å². The van der Waals surface area contributed by atoms with E-state index in [2.05, 4.69) is 10.6 Å². The Morgan fingerprint density at radius 1 is 1.23 bits per heavy atom. The third-order valence-corrected chi connectivity index (χ3v) is 4.46. The Morgan fingerprint density at radius 3 is 2.69 bits per heavy atom. The van der Waals surface area contributed by atoms with Crippen LogP contribution in [0.4, 0.5) is 5.69 Å². The number of hydrogen-bond donors (Lipinski definition) is 2. The summed E-state index contributed by atoms with van der Waals surface area (Å²) in [4.78, 5) is 25.9. The zero-order valence-corrected chi connectivity index (χ0v) is 15.0. The van der Waals surface area contributed by atoms with E-state index in [1.54, 1.807) is 19.2 Å². The van der Waals surface area contributed by atoms with E-state index in [1.807, 2.05) is 42.2 Å². The Balaban J connectivity index is 1.59. The maximum Gasteiger partial charge on any atom is 0.251 e. The van der Waals surface area contributed by atoms with Crippen molar-refractivity contribution < 1.29 is 14.3 Å². The highest BCUT2D eigenvalue weighted by Crippen LogP contribution is 2.19. The topological polar surface area (TPSA) is 70.7 Å². The standard InChI is InChI=1S/C20H23N3O3/c1-14-3-6-16(11-18(14)26-2)20(25)22-12-15-4-7-17(8-5-15)23-10-9-21-19(24)13-23/h3-8,11H,9-10,12-13H2,1-2H3,(H,21,24)(H,22,25). The van der Waals surface area contributed by atoms with Gasteiger partial charge in [0.25, 0.3) is 5.91 Å². The Bertz CT molecular complexity index is 802. The summed E-state index contributed by atoms with van der Waals surface area (Å²) in [7, 11) is 1.59. The predicted molar refractivity (Wildman–Crippen MR) is 101 cm³/mol. The van der Waals surface area contributed by atoms with Gasteiger partial charge in [-0.25, -0.2) is 0 Å². The number of nitrogens with one attached hydrogen (secondary N) is 2. The normalized spacial score (nSPS) is 13.9. The van der Waals surface area contributed by atoms with Gasteiger partial charge in [0, 0.05) is 30.9 Å². The van der Waals surface area contributed by atoms with Crippen molar-refractivity contribution in [3.05, 3.63) is 59.2 Å². The van der Waals surface area contributed by atoms with Crippen LogP contribution in [0, 0.1) is 6.92 Å². The Labute approximate surface area is 153 Å². The minimum absolute atomic E-state index is 0.0427. The van der Waals surface area contributed by atoms with Crippen LogP contribution in [-0.2, 0) is 11.3 Å². The molecule has 1 aliphatic rings. The zero-order valence-electron chi connectivity index (χ0n) is 15.0. The summed E-state index contributed by atoms with van der Waals surface area (Å²) in [6.45, 7) is 4.23. The highest BCUT2D eigenvalue weighted by Gasteiger charge is 2.16. The van der Waals surface area contributed by atoms with Crippen LogP contribution in [-0.4, -0.2) is 38.6 Å². The minimum atomic E-state index is -0.139. The molecule has 2 amide bonds. The number of amides is 2. The Hall–Kier alpha value is -3.02. The van der Waals surface area contributed by atoms with Crippen molar-refractivity contribution in [3.8, 4) is 5.75 Å². The Kier molecular flexibility index (Phi) is 5.41. The van der Waals surface area contributed by atoms with Gasteiger partial charge in [-0.3, -0.25) is 9.59 Å². The van der Waals surface area contributed by atoms with E-state index in [9.17, 15) is 9.59 Å². The molecule has 2 N–H and O–H groups in total. The summed E-state index contributed by atoms with van der Waals surface area (Å²) in [5.41, 5.74) is 3.58. The van der Waals surface area contributed by atoms with Crippen molar-refractivity contribution in [3.63, 3.8) is 0 Å². The highest BCUT2D eigenvalue weighted by atomic mass is 16.5. The fourth-order valence-corrected chi connectivity index (χ4v) is 2.93. The number of benzene rings is 2. The number of rotatable bonds is 5. The molecule has 26 heavy (non-hydrogen) atoms. The summed E-state index contributed by atoms with van der Waals surface area (Å²) < 4.78 is 5.26. The van der Waals surface area contributed by atoms with Crippen LogP contribution in [0.5, 0.6) is 5.75 Å². The van der Waals surface area contributed by atoms with Crippen LogP contribution < -0.4 is 20.3 Å². The second kappa shape index (κ2) is 7.91. The third kappa shape index (κ3) is 4.14. The SMILES string of the molecule is COc1cc(C(=O)NCc2ccc(N3CCNC(=O)C3)cc2)ccc1C. The molecule has 0 radical (unpaired) electrons.